The third-order valence-corrected chi connectivity index (χ3v) is 2.15. The Hall–Kier alpha value is -0.390. The number of hydrogen-bond acceptors (Lipinski definition) is 2. The molecule has 0 spiro atoms. The number of halogens is 1. The molecule has 8 heavy (non-hydrogen) atoms. The summed E-state index contributed by atoms with van der Waals surface area (Å²) in [7, 11) is 0. The van der Waals surface area contributed by atoms with Crippen molar-refractivity contribution in [1.29, 1.82) is 0 Å². The monoisotopic (exact) mass is 224 g/mol. The van der Waals surface area contributed by atoms with Crippen molar-refractivity contribution in [3.8, 4) is 0 Å². The minimum atomic E-state index is -0.527. The van der Waals surface area contributed by atoms with E-state index >= 15 is 0 Å². The van der Waals surface area contributed by atoms with Gasteiger partial charge in [0.15, 0.2) is 0 Å². The van der Waals surface area contributed by atoms with E-state index in [0.29, 0.717) is 0 Å². The van der Waals surface area contributed by atoms with Crippen molar-refractivity contribution in [3.63, 3.8) is 0 Å². The topological polar surface area (TPSA) is 46.2 Å². The number of rotatable bonds is 0. The Kier molecular flexibility index (Phi) is 1.62. The van der Waals surface area contributed by atoms with Crippen molar-refractivity contribution >= 4 is 9.82 Å². The maximum atomic E-state index is 10.3. The number of carbonyl (C=O) groups excluding carboxylic acids is 2. The zero-order chi connectivity index (χ0) is 5.98. The van der Waals surface area contributed by atoms with E-state index in [4.69, 9.17) is 0 Å². The van der Waals surface area contributed by atoms with Crippen molar-refractivity contribution in [3.05, 3.63) is 10.2 Å². The first-order chi connectivity index (χ1) is 3.79. The molecule has 1 aliphatic heterocycles. The summed E-state index contributed by atoms with van der Waals surface area (Å²) >= 11 is -0.527. The average Bonchev–Trinajstić information content (AvgIpc) is 1.64. The molecule has 0 aromatic carbocycles. The van der Waals surface area contributed by atoms with Crippen LogP contribution in [0.25, 0.3) is 0 Å². The molecule has 0 bridgehead atoms. The average molecular weight is 224 g/mol. The van der Waals surface area contributed by atoms with Crippen molar-refractivity contribution < 1.29 is 30.8 Å². The Morgan fingerprint density at radius 3 is 2.62 bits per heavy atom. The fourth-order valence-corrected chi connectivity index (χ4v) is 1.57. The molecule has 3 nitrogen and oxygen atoms in total. The number of hydrogen-bond donors (Lipinski definition) is 1. The van der Waals surface area contributed by atoms with Crippen molar-refractivity contribution in [2.75, 3.05) is 0 Å². The molecule has 0 aromatic rings. The van der Waals surface area contributed by atoms with E-state index in [1.807, 2.05) is 0 Å². The van der Waals surface area contributed by atoms with Crippen LogP contribution in [-0.2, 0) is 4.79 Å². The molecule has 0 unspecified atom stereocenters. The van der Waals surface area contributed by atoms with E-state index in [1.165, 1.54) is 6.08 Å². The van der Waals surface area contributed by atoms with Gasteiger partial charge >= 0.3 is 56.1 Å². The van der Waals surface area contributed by atoms with Gasteiger partial charge in [-0.05, 0) is 0 Å². The van der Waals surface area contributed by atoms with Gasteiger partial charge in [-0.2, -0.15) is 0 Å². The molecule has 1 aliphatic rings. The second kappa shape index (κ2) is 2.25. The van der Waals surface area contributed by atoms with Crippen LogP contribution in [-0.4, -0.2) is 9.82 Å². The molecular weight excluding hydrogens is 221 g/mol. The zero-order valence-electron chi connectivity index (χ0n) is 3.85. The van der Waals surface area contributed by atoms with Gasteiger partial charge in [0.2, 0.25) is 0 Å². The Balaban J connectivity index is 2.68. The standard InChI is InChI=1S/C4H3INO2/c7-3-1-2-5-4(8)6-3/h1-2H,(H,6,7,8)/q-1. The van der Waals surface area contributed by atoms with Crippen LogP contribution in [0.3, 0.4) is 0 Å². The summed E-state index contributed by atoms with van der Waals surface area (Å²) in [5, 5.41) is 2.16. The molecular formula is C4H3INO2-. The summed E-state index contributed by atoms with van der Waals surface area (Å²) in [6.45, 7) is 0. The Morgan fingerprint density at radius 2 is 2.25 bits per heavy atom. The molecule has 2 amide bonds. The van der Waals surface area contributed by atoms with Crippen LogP contribution in [0.4, 0.5) is 4.79 Å². The van der Waals surface area contributed by atoms with Crippen molar-refractivity contribution in [2.45, 2.75) is 0 Å². The molecule has 4 heteroatoms. The quantitative estimate of drug-likeness (QED) is 0.268. The molecule has 0 atom stereocenters. The summed E-state index contributed by atoms with van der Waals surface area (Å²) in [5.74, 6) is -0.291. The fourth-order valence-electron chi connectivity index (χ4n) is 0.312. The van der Waals surface area contributed by atoms with Gasteiger partial charge in [0, 0.05) is 0 Å². The van der Waals surface area contributed by atoms with Crippen LogP contribution >= 0.6 is 0 Å². The minimum absolute atomic E-state index is 0.115. The number of amides is 2. The molecule has 0 aromatic heterocycles. The summed E-state index contributed by atoms with van der Waals surface area (Å²) in [4.78, 5) is 20.6. The molecule has 0 aliphatic carbocycles. The van der Waals surface area contributed by atoms with Gasteiger partial charge < -0.3 is 0 Å². The van der Waals surface area contributed by atoms with Crippen LogP contribution < -0.4 is 26.5 Å². The van der Waals surface area contributed by atoms with E-state index in [9.17, 15) is 9.59 Å². The van der Waals surface area contributed by atoms with Crippen molar-refractivity contribution in [2.24, 2.45) is 0 Å². The van der Waals surface area contributed by atoms with Crippen LogP contribution in [0, 0.1) is 0 Å². The number of imide groups is 1. The van der Waals surface area contributed by atoms with Gasteiger partial charge in [0.05, 0.1) is 0 Å². The summed E-state index contributed by atoms with van der Waals surface area (Å²) in [5.41, 5.74) is 0. The Morgan fingerprint density at radius 1 is 1.50 bits per heavy atom. The van der Waals surface area contributed by atoms with Gasteiger partial charge in [-0.15, -0.1) is 0 Å². The van der Waals surface area contributed by atoms with Crippen LogP contribution in [0.2, 0.25) is 0 Å². The van der Waals surface area contributed by atoms with E-state index in [2.05, 4.69) is 5.32 Å². The summed E-state index contributed by atoms with van der Waals surface area (Å²) in [6, 6.07) is 0. The molecule has 0 saturated heterocycles. The SMILES string of the molecule is O=C1C=C[I-]C(=O)N1. The first kappa shape index (κ1) is 5.74. The van der Waals surface area contributed by atoms with E-state index < -0.39 is 21.2 Å². The number of carbonyl (C=O) groups is 2. The number of nitrogens with one attached hydrogen (secondary N) is 1. The van der Waals surface area contributed by atoms with Crippen LogP contribution in [0.15, 0.2) is 10.2 Å². The molecule has 0 fully saturated rings. The van der Waals surface area contributed by atoms with Gasteiger partial charge in [0.25, 0.3) is 0 Å². The first-order valence-corrected chi connectivity index (χ1v) is 4.26. The zero-order valence-corrected chi connectivity index (χ0v) is 6.01. The Labute approximate surface area is 56.4 Å². The molecule has 0 radical (unpaired) electrons. The van der Waals surface area contributed by atoms with E-state index in [-0.39, 0.29) is 9.82 Å². The summed E-state index contributed by atoms with van der Waals surface area (Å²) < 4.78 is 1.54. The van der Waals surface area contributed by atoms with Gasteiger partial charge in [0.1, 0.15) is 0 Å². The second-order valence-corrected chi connectivity index (χ2v) is 3.49. The second-order valence-electron chi connectivity index (χ2n) is 1.16. The van der Waals surface area contributed by atoms with E-state index in [1.54, 1.807) is 4.08 Å². The predicted molar refractivity (Wildman–Crippen MR) is 22.7 cm³/mol. The first-order valence-electron chi connectivity index (χ1n) is 1.94. The normalized spacial score (nSPS) is 19.5. The summed E-state index contributed by atoms with van der Waals surface area (Å²) in [6.07, 6.45) is 1.40. The van der Waals surface area contributed by atoms with Crippen LogP contribution in [0.1, 0.15) is 0 Å². The van der Waals surface area contributed by atoms with Gasteiger partial charge in [-0.1, -0.05) is 0 Å². The maximum absolute atomic E-state index is 10.3. The third kappa shape index (κ3) is 1.29. The van der Waals surface area contributed by atoms with Gasteiger partial charge in [-0.25, -0.2) is 0 Å². The molecule has 1 heterocycles. The molecule has 1 rings (SSSR count). The Bertz CT molecular complexity index is 163. The third-order valence-electron chi connectivity index (χ3n) is 0.598. The van der Waals surface area contributed by atoms with Crippen LogP contribution in [0.5, 0.6) is 0 Å². The molecule has 1 N–H and O–H groups in total. The van der Waals surface area contributed by atoms with E-state index in [0.717, 1.165) is 0 Å². The van der Waals surface area contributed by atoms with Gasteiger partial charge in [-0.3, -0.25) is 0 Å². The fraction of sp³-hybridized carbons (Fsp3) is 0. The predicted octanol–water partition coefficient (Wildman–Crippen LogP) is -3.16. The molecule has 0 saturated carbocycles. The van der Waals surface area contributed by atoms with Crippen molar-refractivity contribution in [1.82, 2.24) is 5.32 Å². The molecule has 44 valence electrons.